The lowest BCUT2D eigenvalue weighted by Gasteiger charge is -2.16. The van der Waals surface area contributed by atoms with E-state index in [1.807, 2.05) is 25.1 Å². The van der Waals surface area contributed by atoms with Crippen LogP contribution in [0.4, 0.5) is 0 Å². The van der Waals surface area contributed by atoms with E-state index < -0.39 is 0 Å². The largest absolute Gasteiger partial charge is 0.343 e. The zero-order chi connectivity index (χ0) is 16.1. The van der Waals surface area contributed by atoms with Gasteiger partial charge in [0.2, 0.25) is 5.91 Å². The van der Waals surface area contributed by atoms with Crippen LogP contribution in [-0.2, 0) is 11.3 Å². The minimum Gasteiger partial charge on any atom is -0.343 e. The van der Waals surface area contributed by atoms with Gasteiger partial charge in [-0.15, -0.1) is 11.3 Å². The minimum absolute atomic E-state index is 0.0254. The third kappa shape index (κ3) is 4.58. The van der Waals surface area contributed by atoms with Crippen molar-refractivity contribution in [3.05, 3.63) is 56.7 Å². The van der Waals surface area contributed by atoms with E-state index in [0.717, 1.165) is 10.4 Å². The van der Waals surface area contributed by atoms with Crippen LogP contribution in [0.5, 0.6) is 0 Å². The first kappa shape index (κ1) is 16.5. The predicted octanol–water partition coefficient (Wildman–Crippen LogP) is 3.10. The zero-order valence-corrected chi connectivity index (χ0v) is 14.0. The van der Waals surface area contributed by atoms with Gasteiger partial charge >= 0.3 is 0 Å². The quantitative estimate of drug-likeness (QED) is 0.912. The Morgan fingerprint density at radius 2 is 2.05 bits per heavy atom. The normalized spacial score (nSPS) is 10.3. The number of halogens is 1. The number of carbonyl (C=O) groups is 2. The van der Waals surface area contributed by atoms with Gasteiger partial charge in [0.1, 0.15) is 0 Å². The van der Waals surface area contributed by atoms with Crippen LogP contribution >= 0.6 is 22.9 Å². The van der Waals surface area contributed by atoms with Gasteiger partial charge in [0.05, 0.1) is 17.4 Å². The number of aryl methyl sites for hydroxylation is 1. The maximum Gasteiger partial charge on any atom is 0.251 e. The van der Waals surface area contributed by atoms with Crippen LogP contribution in [-0.4, -0.2) is 30.3 Å². The van der Waals surface area contributed by atoms with E-state index in [2.05, 4.69) is 5.32 Å². The van der Waals surface area contributed by atoms with E-state index in [1.165, 1.54) is 11.3 Å². The molecule has 2 amide bonds. The molecule has 2 rings (SSSR count). The smallest absolute Gasteiger partial charge is 0.251 e. The van der Waals surface area contributed by atoms with Crippen molar-refractivity contribution in [3.8, 4) is 0 Å². The summed E-state index contributed by atoms with van der Waals surface area (Å²) in [5.41, 5.74) is 1.56. The highest BCUT2D eigenvalue weighted by Gasteiger charge is 2.13. The van der Waals surface area contributed by atoms with Crippen LogP contribution in [0.25, 0.3) is 0 Å². The maximum absolute atomic E-state index is 12.0. The molecule has 0 saturated heterocycles. The maximum atomic E-state index is 12.0. The van der Waals surface area contributed by atoms with Crippen molar-refractivity contribution in [3.63, 3.8) is 0 Å². The Labute approximate surface area is 138 Å². The molecule has 0 fully saturated rings. The fourth-order valence-electron chi connectivity index (χ4n) is 1.94. The Hall–Kier alpha value is -1.85. The highest BCUT2D eigenvalue weighted by molar-refractivity contribution is 7.16. The average Bonchev–Trinajstić information content (AvgIpc) is 2.89. The molecule has 0 spiro atoms. The van der Waals surface area contributed by atoms with Gasteiger partial charge in [-0.05, 0) is 31.2 Å². The van der Waals surface area contributed by atoms with Crippen LogP contribution in [0.2, 0.25) is 4.34 Å². The van der Waals surface area contributed by atoms with E-state index in [9.17, 15) is 9.59 Å². The number of rotatable bonds is 5. The Morgan fingerprint density at radius 3 is 2.68 bits per heavy atom. The fourth-order valence-corrected chi connectivity index (χ4v) is 3.08. The van der Waals surface area contributed by atoms with Gasteiger partial charge in [-0.25, -0.2) is 0 Å². The van der Waals surface area contributed by atoms with Gasteiger partial charge in [0.15, 0.2) is 0 Å². The van der Waals surface area contributed by atoms with Crippen molar-refractivity contribution in [2.75, 3.05) is 13.6 Å². The number of hydrogen-bond donors (Lipinski definition) is 1. The number of carbonyl (C=O) groups excluding carboxylic acids is 2. The summed E-state index contributed by atoms with van der Waals surface area (Å²) in [5, 5.41) is 2.65. The van der Waals surface area contributed by atoms with Crippen molar-refractivity contribution >= 4 is 34.8 Å². The van der Waals surface area contributed by atoms with Gasteiger partial charge in [0.25, 0.3) is 5.91 Å². The van der Waals surface area contributed by atoms with Crippen LogP contribution < -0.4 is 5.32 Å². The van der Waals surface area contributed by atoms with Crippen LogP contribution in [0.15, 0.2) is 36.4 Å². The Balaban J connectivity index is 1.85. The van der Waals surface area contributed by atoms with Gasteiger partial charge in [-0.2, -0.15) is 0 Å². The SMILES string of the molecule is Cc1cccc(C(=O)NCC(=O)N(C)Cc2ccc(Cl)s2)c1. The molecule has 0 atom stereocenters. The van der Waals surface area contributed by atoms with E-state index in [0.29, 0.717) is 16.4 Å². The summed E-state index contributed by atoms with van der Waals surface area (Å²) in [6.07, 6.45) is 0. The van der Waals surface area contributed by atoms with Crippen LogP contribution in [0.1, 0.15) is 20.8 Å². The molecule has 4 nitrogen and oxygen atoms in total. The van der Waals surface area contributed by atoms with E-state index in [1.54, 1.807) is 30.1 Å². The molecule has 2 aromatic rings. The van der Waals surface area contributed by atoms with Gasteiger partial charge in [0, 0.05) is 17.5 Å². The Bertz CT molecular complexity index is 684. The first-order chi connectivity index (χ1) is 10.5. The molecule has 1 N–H and O–H groups in total. The number of nitrogens with zero attached hydrogens (tertiary/aromatic N) is 1. The highest BCUT2D eigenvalue weighted by Crippen LogP contribution is 2.22. The molecule has 116 valence electrons. The second-order valence-corrected chi connectivity index (χ2v) is 6.81. The molecule has 0 saturated carbocycles. The third-order valence-corrected chi connectivity index (χ3v) is 4.34. The summed E-state index contributed by atoms with van der Waals surface area (Å²) in [5.74, 6) is -0.393. The summed E-state index contributed by atoms with van der Waals surface area (Å²) in [7, 11) is 1.70. The molecule has 1 aromatic carbocycles. The van der Waals surface area contributed by atoms with Gasteiger partial charge in [-0.3, -0.25) is 9.59 Å². The topological polar surface area (TPSA) is 49.4 Å². The number of likely N-dealkylation sites (N-methyl/N-ethyl adjacent to an activating group) is 1. The van der Waals surface area contributed by atoms with Crippen molar-refractivity contribution in [2.45, 2.75) is 13.5 Å². The van der Waals surface area contributed by atoms with E-state index >= 15 is 0 Å². The molecule has 1 aromatic heterocycles. The summed E-state index contributed by atoms with van der Waals surface area (Å²) in [4.78, 5) is 26.6. The van der Waals surface area contributed by atoms with Crippen LogP contribution in [0.3, 0.4) is 0 Å². The summed E-state index contributed by atoms with van der Waals surface area (Å²) < 4.78 is 0.698. The second-order valence-electron chi connectivity index (χ2n) is 5.01. The molecule has 0 bridgehead atoms. The monoisotopic (exact) mass is 336 g/mol. The first-order valence-electron chi connectivity index (χ1n) is 6.79. The lowest BCUT2D eigenvalue weighted by molar-refractivity contribution is -0.129. The molecule has 0 unspecified atom stereocenters. The Morgan fingerprint density at radius 1 is 1.27 bits per heavy atom. The van der Waals surface area contributed by atoms with Crippen LogP contribution in [0, 0.1) is 6.92 Å². The van der Waals surface area contributed by atoms with Crippen molar-refractivity contribution in [2.24, 2.45) is 0 Å². The van der Waals surface area contributed by atoms with E-state index in [-0.39, 0.29) is 18.4 Å². The molecule has 6 heteroatoms. The number of amides is 2. The summed E-state index contributed by atoms with van der Waals surface area (Å²) in [6.45, 7) is 2.38. The summed E-state index contributed by atoms with van der Waals surface area (Å²) in [6, 6.07) is 10.9. The molecular weight excluding hydrogens is 320 g/mol. The highest BCUT2D eigenvalue weighted by atomic mass is 35.5. The third-order valence-electron chi connectivity index (χ3n) is 3.13. The van der Waals surface area contributed by atoms with Crippen molar-refractivity contribution < 1.29 is 9.59 Å². The fraction of sp³-hybridized carbons (Fsp3) is 0.250. The molecule has 0 radical (unpaired) electrons. The van der Waals surface area contributed by atoms with Crippen molar-refractivity contribution in [1.82, 2.24) is 10.2 Å². The lowest BCUT2D eigenvalue weighted by atomic mass is 10.1. The summed E-state index contributed by atoms with van der Waals surface area (Å²) >= 11 is 7.31. The predicted molar refractivity (Wildman–Crippen MR) is 89.3 cm³/mol. The number of thiophene rings is 1. The molecular formula is C16H17ClN2O2S. The Kier molecular flexibility index (Phi) is 5.57. The second kappa shape index (κ2) is 7.42. The standard InChI is InChI=1S/C16H17ClN2O2S/c1-11-4-3-5-12(8-11)16(21)18-9-15(20)19(2)10-13-6-7-14(17)22-13/h3-8H,9-10H2,1-2H3,(H,18,21). The minimum atomic E-state index is -0.246. The number of benzene rings is 1. The number of hydrogen-bond acceptors (Lipinski definition) is 3. The molecule has 22 heavy (non-hydrogen) atoms. The molecule has 1 heterocycles. The van der Waals surface area contributed by atoms with E-state index in [4.69, 9.17) is 11.6 Å². The molecule has 0 aliphatic rings. The number of nitrogens with one attached hydrogen (secondary N) is 1. The zero-order valence-electron chi connectivity index (χ0n) is 12.4. The van der Waals surface area contributed by atoms with Gasteiger partial charge < -0.3 is 10.2 Å². The lowest BCUT2D eigenvalue weighted by Crippen LogP contribution is -2.37. The first-order valence-corrected chi connectivity index (χ1v) is 7.98. The molecule has 0 aliphatic carbocycles. The van der Waals surface area contributed by atoms with Crippen molar-refractivity contribution in [1.29, 1.82) is 0 Å². The van der Waals surface area contributed by atoms with Gasteiger partial charge in [-0.1, -0.05) is 29.3 Å². The molecule has 0 aliphatic heterocycles. The average molecular weight is 337 g/mol.